The van der Waals surface area contributed by atoms with Gasteiger partial charge in [0.1, 0.15) is 15.3 Å². The van der Waals surface area contributed by atoms with E-state index in [1.54, 1.807) is 13.1 Å². The number of thiazole rings is 1. The molecule has 1 aliphatic heterocycles. The molecule has 0 aliphatic carbocycles. The van der Waals surface area contributed by atoms with E-state index in [1.165, 1.54) is 11.0 Å². The normalized spacial score (nSPS) is 16.3. The topological polar surface area (TPSA) is 110 Å². The second-order valence-electron chi connectivity index (χ2n) is 7.99. The first kappa shape index (κ1) is 25.3. The van der Waals surface area contributed by atoms with Crippen LogP contribution in [0.2, 0.25) is 0 Å². The fourth-order valence-electron chi connectivity index (χ4n) is 3.88. The predicted molar refractivity (Wildman–Crippen MR) is 134 cm³/mol. The van der Waals surface area contributed by atoms with Crippen LogP contribution in [0.25, 0.3) is 11.8 Å². The molecular weight excluding hydrogens is 450 g/mol. The van der Waals surface area contributed by atoms with Gasteiger partial charge in [0.2, 0.25) is 0 Å². The van der Waals surface area contributed by atoms with Gasteiger partial charge in [-0.3, -0.25) is 14.2 Å². The average Bonchev–Trinajstić information content (AvgIpc) is 3.17. The number of anilines is 1. The van der Waals surface area contributed by atoms with Crippen molar-refractivity contribution < 1.29 is 9.90 Å². The van der Waals surface area contributed by atoms with E-state index in [0.29, 0.717) is 17.6 Å². The van der Waals surface area contributed by atoms with Gasteiger partial charge in [0.05, 0.1) is 12.6 Å². The van der Waals surface area contributed by atoms with Crippen molar-refractivity contribution in [1.29, 1.82) is 5.26 Å². The molecule has 3 rings (SSSR count). The van der Waals surface area contributed by atoms with Crippen LogP contribution >= 0.6 is 11.3 Å². The lowest BCUT2D eigenvalue weighted by Gasteiger charge is -2.28. The molecule has 3 N–H and O–H groups in total. The number of β-amino-alcohol motifs (C(OH)–C–C–N with tert-alkyl or cyclic N) is 1. The summed E-state index contributed by atoms with van der Waals surface area (Å²) in [6.07, 6.45) is 9.71. The van der Waals surface area contributed by atoms with Crippen molar-refractivity contribution in [2.24, 2.45) is 0 Å². The molecule has 0 saturated carbocycles. The molecule has 1 aromatic carbocycles. The molecule has 1 fully saturated rings. The molecule has 8 nitrogen and oxygen atoms in total. The van der Waals surface area contributed by atoms with Crippen molar-refractivity contribution in [2.45, 2.75) is 38.8 Å². The Morgan fingerprint density at radius 3 is 2.79 bits per heavy atom. The van der Waals surface area contributed by atoms with Crippen molar-refractivity contribution >= 4 is 34.7 Å². The maximum absolute atomic E-state index is 12.9. The fraction of sp³-hybridized carbons (Fsp3) is 0.400. The van der Waals surface area contributed by atoms with Gasteiger partial charge in [-0.15, -0.1) is 17.8 Å². The Bertz CT molecular complexity index is 1280. The number of aliphatic hydroxyl groups is 1. The van der Waals surface area contributed by atoms with Gasteiger partial charge in [-0.1, -0.05) is 24.5 Å². The lowest BCUT2D eigenvalue weighted by atomic mass is 10.1. The SMILES string of the molecule is C#CCNC(=O)/C(C#N)=c1\s/c(=C/Nc2cccc(C(O)CN3CCCCC3)c2)c(=O)n1CC. The minimum absolute atomic E-state index is 0.00770. The van der Waals surface area contributed by atoms with Gasteiger partial charge in [0.15, 0.2) is 5.57 Å². The number of carbonyl (C=O) groups is 1. The number of terminal acetylenes is 1. The first-order chi connectivity index (χ1) is 16.5. The molecule has 1 saturated heterocycles. The van der Waals surface area contributed by atoms with Crippen molar-refractivity contribution in [3.63, 3.8) is 0 Å². The highest BCUT2D eigenvalue weighted by molar-refractivity contribution is 7.07. The van der Waals surface area contributed by atoms with E-state index in [2.05, 4.69) is 21.5 Å². The Labute approximate surface area is 202 Å². The van der Waals surface area contributed by atoms with E-state index in [0.717, 1.165) is 48.5 Å². The van der Waals surface area contributed by atoms with Crippen LogP contribution in [-0.2, 0) is 11.3 Å². The molecule has 1 atom stereocenters. The molecule has 0 radical (unpaired) electrons. The summed E-state index contributed by atoms with van der Waals surface area (Å²) in [7, 11) is 0. The van der Waals surface area contributed by atoms with Crippen molar-refractivity contribution in [3.8, 4) is 18.4 Å². The molecule has 34 heavy (non-hydrogen) atoms. The zero-order chi connectivity index (χ0) is 24.5. The van der Waals surface area contributed by atoms with Gasteiger partial charge in [0, 0.05) is 25.0 Å². The lowest BCUT2D eigenvalue weighted by Crippen LogP contribution is -2.34. The first-order valence-electron chi connectivity index (χ1n) is 11.3. The summed E-state index contributed by atoms with van der Waals surface area (Å²) in [4.78, 5) is 27.5. The number of nitrogens with zero attached hydrogens (tertiary/aromatic N) is 3. The van der Waals surface area contributed by atoms with Crippen LogP contribution in [0.5, 0.6) is 0 Å². The highest BCUT2D eigenvalue weighted by Gasteiger charge is 2.17. The van der Waals surface area contributed by atoms with E-state index in [1.807, 2.05) is 30.3 Å². The third-order valence-electron chi connectivity index (χ3n) is 5.65. The van der Waals surface area contributed by atoms with Crippen LogP contribution in [-0.4, -0.2) is 46.7 Å². The standard InChI is InChI=1S/C25H29N5O3S/c1-3-11-27-23(32)20(15-26)25-30(4-2)24(33)22(34-25)16-28-19-10-8-9-18(14-19)21(31)17-29-12-6-5-7-13-29/h1,8-10,14,16,21,28,31H,4-7,11-13,17H2,2H3,(H,27,32)/b22-16+,25-20-. The molecule has 0 spiro atoms. The largest absolute Gasteiger partial charge is 0.387 e. The number of likely N-dealkylation sites (tertiary alicyclic amines) is 1. The average molecular weight is 480 g/mol. The van der Waals surface area contributed by atoms with Crippen molar-refractivity contribution in [2.75, 3.05) is 31.5 Å². The van der Waals surface area contributed by atoms with E-state index < -0.39 is 12.0 Å². The summed E-state index contributed by atoms with van der Waals surface area (Å²) in [5, 5.41) is 25.8. The van der Waals surface area contributed by atoms with Crippen LogP contribution in [0.1, 0.15) is 37.9 Å². The maximum Gasteiger partial charge on any atom is 0.270 e. The van der Waals surface area contributed by atoms with E-state index in [4.69, 9.17) is 6.42 Å². The second kappa shape index (κ2) is 12.2. The minimum atomic E-state index is -0.612. The third kappa shape index (κ3) is 6.15. The summed E-state index contributed by atoms with van der Waals surface area (Å²) in [6, 6.07) is 9.34. The van der Waals surface area contributed by atoms with E-state index in [-0.39, 0.29) is 22.3 Å². The summed E-state index contributed by atoms with van der Waals surface area (Å²) >= 11 is 1.06. The Morgan fingerprint density at radius 1 is 1.35 bits per heavy atom. The Kier molecular flexibility index (Phi) is 9.06. The summed E-state index contributed by atoms with van der Waals surface area (Å²) in [5.74, 6) is 1.68. The van der Waals surface area contributed by atoms with Crippen LogP contribution in [0, 0.1) is 23.7 Å². The Hall–Kier alpha value is -3.37. The Morgan fingerprint density at radius 2 is 2.12 bits per heavy atom. The Balaban J connectivity index is 1.86. The molecule has 178 valence electrons. The van der Waals surface area contributed by atoms with Gasteiger partial charge in [0.25, 0.3) is 11.5 Å². The lowest BCUT2D eigenvalue weighted by molar-refractivity contribution is -0.115. The summed E-state index contributed by atoms with van der Waals surface area (Å²) in [5.41, 5.74) is 1.08. The summed E-state index contributed by atoms with van der Waals surface area (Å²) < 4.78 is 2.03. The zero-order valence-electron chi connectivity index (χ0n) is 19.2. The van der Waals surface area contributed by atoms with Crippen molar-refractivity contribution in [3.05, 3.63) is 49.4 Å². The van der Waals surface area contributed by atoms with Crippen LogP contribution in [0.4, 0.5) is 5.69 Å². The predicted octanol–water partition coefficient (Wildman–Crippen LogP) is 0.723. The van der Waals surface area contributed by atoms with Crippen LogP contribution in [0.15, 0.2) is 29.1 Å². The third-order valence-corrected chi connectivity index (χ3v) is 6.78. The second-order valence-corrected chi connectivity index (χ2v) is 9.02. The summed E-state index contributed by atoms with van der Waals surface area (Å²) in [6.45, 7) is 4.69. The zero-order valence-corrected chi connectivity index (χ0v) is 20.0. The maximum atomic E-state index is 12.9. The van der Waals surface area contributed by atoms with Crippen LogP contribution < -0.4 is 25.4 Å². The van der Waals surface area contributed by atoms with Crippen molar-refractivity contribution in [1.82, 2.24) is 14.8 Å². The molecule has 2 aromatic rings. The highest BCUT2D eigenvalue weighted by Crippen LogP contribution is 2.20. The van der Waals surface area contributed by atoms with E-state index >= 15 is 0 Å². The number of carbonyl (C=O) groups excluding carboxylic acids is 1. The number of rotatable bonds is 8. The molecule has 2 heterocycles. The number of hydrogen-bond acceptors (Lipinski definition) is 7. The molecule has 1 aromatic heterocycles. The minimum Gasteiger partial charge on any atom is -0.387 e. The molecule has 1 aliphatic rings. The quantitative estimate of drug-likeness (QED) is 0.482. The highest BCUT2D eigenvalue weighted by atomic mass is 32.1. The number of piperidine rings is 1. The van der Waals surface area contributed by atoms with Gasteiger partial charge in [-0.05, 0) is 50.6 Å². The first-order valence-corrected chi connectivity index (χ1v) is 12.1. The van der Waals surface area contributed by atoms with Crippen LogP contribution in [0.3, 0.4) is 0 Å². The fourth-order valence-corrected chi connectivity index (χ4v) is 4.97. The number of aromatic nitrogens is 1. The number of nitrogens with one attached hydrogen (secondary N) is 2. The monoisotopic (exact) mass is 479 g/mol. The smallest absolute Gasteiger partial charge is 0.270 e. The van der Waals surface area contributed by atoms with Gasteiger partial charge in [-0.2, -0.15) is 5.26 Å². The number of nitriles is 1. The number of benzene rings is 1. The number of aliphatic hydroxyl groups excluding tert-OH is 1. The molecular formula is C25H29N5O3S. The molecule has 1 amide bonds. The number of amides is 1. The van der Waals surface area contributed by atoms with Gasteiger partial charge >= 0.3 is 0 Å². The molecule has 0 bridgehead atoms. The van der Waals surface area contributed by atoms with Gasteiger partial charge < -0.3 is 20.6 Å². The molecule has 9 heteroatoms. The molecule has 1 unspecified atom stereocenters. The van der Waals surface area contributed by atoms with Gasteiger partial charge in [-0.25, -0.2) is 0 Å². The number of hydrogen-bond donors (Lipinski definition) is 3. The van der Waals surface area contributed by atoms with E-state index in [9.17, 15) is 20.0 Å².